The molecule has 2 aliphatic rings. The van der Waals surface area contributed by atoms with Crippen molar-refractivity contribution in [2.24, 2.45) is 0 Å². The summed E-state index contributed by atoms with van der Waals surface area (Å²) in [6.45, 7) is 5.66. The van der Waals surface area contributed by atoms with Crippen molar-refractivity contribution in [3.63, 3.8) is 0 Å². The van der Waals surface area contributed by atoms with Crippen LogP contribution in [0.3, 0.4) is 0 Å². The van der Waals surface area contributed by atoms with E-state index in [1.807, 2.05) is 11.0 Å². The van der Waals surface area contributed by atoms with Gasteiger partial charge in [-0.15, -0.1) is 0 Å². The Bertz CT molecular complexity index is 797. The molecule has 27 heavy (non-hydrogen) atoms. The van der Waals surface area contributed by atoms with Gasteiger partial charge in [0.05, 0.1) is 12.2 Å². The minimum atomic E-state index is -0.239. The maximum atomic E-state index is 13.6. The van der Waals surface area contributed by atoms with Gasteiger partial charge < -0.3 is 4.90 Å². The second-order valence-electron chi connectivity index (χ2n) is 7.59. The maximum Gasteiger partial charge on any atom is 0.239 e. The van der Waals surface area contributed by atoms with Crippen LogP contribution in [-0.2, 0) is 4.79 Å². The lowest BCUT2D eigenvalue weighted by Crippen LogP contribution is -2.48. The summed E-state index contributed by atoms with van der Waals surface area (Å²) < 4.78 is 13.6. The third-order valence-corrected chi connectivity index (χ3v) is 6.07. The summed E-state index contributed by atoms with van der Waals surface area (Å²) in [5, 5.41) is 7.33. The molecule has 1 amide bonds. The molecule has 0 aliphatic carbocycles. The Morgan fingerprint density at radius 1 is 1.26 bits per heavy atom. The first-order valence-electron chi connectivity index (χ1n) is 9.99. The number of aromatic nitrogens is 2. The van der Waals surface area contributed by atoms with Gasteiger partial charge in [0.15, 0.2) is 0 Å². The Hall–Kier alpha value is -2.21. The predicted molar refractivity (Wildman–Crippen MR) is 103 cm³/mol. The van der Waals surface area contributed by atoms with Crippen molar-refractivity contribution in [1.82, 2.24) is 20.0 Å². The standard InChI is InChI=1S/C21H27FN4O/c1-2-25-10-4-7-19(25)21(27)26-11-8-15(9-12-26)20-18(14-23-24-20)16-5-3-6-17(22)13-16/h3,5-6,13-15,19H,2,4,7-12H2,1H3,(H,23,24)/t19-/m0/s1. The number of carbonyl (C=O) groups excluding carboxylic acids is 1. The molecule has 2 aliphatic heterocycles. The highest BCUT2D eigenvalue weighted by molar-refractivity contribution is 5.82. The number of hydrogen-bond donors (Lipinski definition) is 1. The lowest BCUT2D eigenvalue weighted by atomic mass is 9.89. The number of H-pyrrole nitrogens is 1. The Labute approximate surface area is 159 Å². The largest absolute Gasteiger partial charge is 0.341 e. The zero-order valence-electron chi connectivity index (χ0n) is 15.8. The van der Waals surface area contributed by atoms with Gasteiger partial charge in [0.1, 0.15) is 5.82 Å². The van der Waals surface area contributed by atoms with Gasteiger partial charge in [-0.3, -0.25) is 14.8 Å². The van der Waals surface area contributed by atoms with E-state index >= 15 is 0 Å². The highest BCUT2D eigenvalue weighted by Gasteiger charge is 2.35. The Kier molecular flexibility index (Phi) is 5.25. The van der Waals surface area contributed by atoms with Crippen molar-refractivity contribution in [1.29, 1.82) is 0 Å². The van der Waals surface area contributed by atoms with E-state index < -0.39 is 0 Å². The number of carbonyl (C=O) groups is 1. The number of nitrogens with one attached hydrogen (secondary N) is 1. The van der Waals surface area contributed by atoms with Gasteiger partial charge in [-0.05, 0) is 56.5 Å². The zero-order valence-corrected chi connectivity index (χ0v) is 15.8. The average Bonchev–Trinajstić information content (AvgIpc) is 3.37. The zero-order chi connectivity index (χ0) is 18.8. The molecule has 5 nitrogen and oxygen atoms in total. The van der Waals surface area contributed by atoms with E-state index in [1.165, 1.54) is 6.07 Å². The molecule has 1 N–H and O–H groups in total. The maximum absolute atomic E-state index is 13.6. The molecule has 0 unspecified atom stereocenters. The van der Waals surface area contributed by atoms with Gasteiger partial charge in [0.2, 0.25) is 5.91 Å². The van der Waals surface area contributed by atoms with Crippen molar-refractivity contribution in [3.8, 4) is 11.1 Å². The number of halogens is 1. The van der Waals surface area contributed by atoms with E-state index in [4.69, 9.17) is 0 Å². The molecule has 1 atom stereocenters. The molecular formula is C21H27FN4O. The van der Waals surface area contributed by atoms with Crippen molar-refractivity contribution in [2.45, 2.75) is 44.6 Å². The summed E-state index contributed by atoms with van der Waals surface area (Å²) in [6, 6.07) is 6.71. The third kappa shape index (κ3) is 3.63. The molecular weight excluding hydrogens is 343 g/mol. The number of piperidine rings is 1. The van der Waals surface area contributed by atoms with E-state index in [-0.39, 0.29) is 11.9 Å². The number of aromatic amines is 1. The minimum Gasteiger partial charge on any atom is -0.341 e. The van der Waals surface area contributed by atoms with Crippen molar-refractivity contribution >= 4 is 5.91 Å². The molecule has 0 radical (unpaired) electrons. The Morgan fingerprint density at radius 3 is 2.81 bits per heavy atom. The fourth-order valence-corrected chi connectivity index (χ4v) is 4.58. The van der Waals surface area contributed by atoms with Crippen LogP contribution in [-0.4, -0.2) is 58.1 Å². The van der Waals surface area contributed by atoms with Crippen LogP contribution in [0.15, 0.2) is 30.5 Å². The van der Waals surface area contributed by atoms with Crippen LogP contribution in [0.4, 0.5) is 4.39 Å². The minimum absolute atomic E-state index is 0.0709. The van der Waals surface area contributed by atoms with Crippen LogP contribution in [0.5, 0.6) is 0 Å². The molecule has 0 saturated carbocycles. The summed E-state index contributed by atoms with van der Waals surface area (Å²) in [7, 11) is 0. The number of hydrogen-bond acceptors (Lipinski definition) is 3. The third-order valence-electron chi connectivity index (χ3n) is 6.07. The first kappa shape index (κ1) is 18.2. The van der Waals surface area contributed by atoms with Gasteiger partial charge in [0, 0.05) is 30.3 Å². The van der Waals surface area contributed by atoms with Crippen molar-refractivity contribution < 1.29 is 9.18 Å². The van der Waals surface area contributed by atoms with Crippen LogP contribution < -0.4 is 0 Å². The predicted octanol–water partition coefficient (Wildman–Crippen LogP) is 3.41. The molecule has 1 aromatic heterocycles. The summed E-state index contributed by atoms with van der Waals surface area (Å²) in [4.78, 5) is 17.2. The van der Waals surface area contributed by atoms with Gasteiger partial charge in [0.25, 0.3) is 0 Å². The van der Waals surface area contributed by atoms with Crippen molar-refractivity contribution in [2.75, 3.05) is 26.2 Å². The summed E-state index contributed by atoms with van der Waals surface area (Å²) in [6.07, 6.45) is 5.70. The number of amides is 1. The van der Waals surface area contributed by atoms with E-state index in [0.717, 1.165) is 68.7 Å². The summed E-state index contributed by atoms with van der Waals surface area (Å²) in [5.41, 5.74) is 2.87. The second-order valence-corrected chi connectivity index (χ2v) is 7.59. The first-order chi connectivity index (χ1) is 13.2. The monoisotopic (exact) mass is 370 g/mol. The number of likely N-dealkylation sites (N-methyl/N-ethyl adjacent to an activating group) is 1. The molecule has 4 rings (SSSR count). The SMILES string of the molecule is CCN1CCC[C@H]1C(=O)N1CCC(c2[nH]ncc2-c2cccc(F)c2)CC1. The topological polar surface area (TPSA) is 52.2 Å². The number of likely N-dealkylation sites (tertiary alicyclic amines) is 2. The molecule has 1 aromatic carbocycles. The summed E-state index contributed by atoms with van der Waals surface area (Å²) in [5.74, 6) is 0.376. The Balaban J connectivity index is 1.43. The number of nitrogens with zero attached hydrogens (tertiary/aromatic N) is 3. The van der Waals surface area contributed by atoms with Crippen LogP contribution in [0.2, 0.25) is 0 Å². The molecule has 6 heteroatoms. The number of rotatable bonds is 4. The van der Waals surface area contributed by atoms with Crippen LogP contribution in [0, 0.1) is 5.82 Å². The second kappa shape index (κ2) is 7.80. The van der Waals surface area contributed by atoms with E-state index in [1.54, 1.807) is 18.3 Å². The average molecular weight is 370 g/mol. The lowest BCUT2D eigenvalue weighted by molar-refractivity contribution is -0.137. The van der Waals surface area contributed by atoms with Crippen LogP contribution in [0.25, 0.3) is 11.1 Å². The van der Waals surface area contributed by atoms with Gasteiger partial charge in [-0.2, -0.15) is 5.10 Å². The van der Waals surface area contributed by atoms with E-state index in [2.05, 4.69) is 22.0 Å². The van der Waals surface area contributed by atoms with Gasteiger partial charge >= 0.3 is 0 Å². The fourth-order valence-electron chi connectivity index (χ4n) is 4.58. The highest BCUT2D eigenvalue weighted by atomic mass is 19.1. The highest BCUT2D eigenvalue weighted by Crippen LogP contribution is 2.34. The van der Waals surface area contributed by atoms with Gasteiger partial charge in [-0.1, -0.05) is 19.1 Å². The molecule has 2 aromatic rings. The fraction of sp³-hybridized carbons (Fsp3) is 0.524. The summed E-state index contributed by atoms with van der Waals surface area (Å²) >= 11 is 0. The molecule has 2 saturated heterocycles. The van der Waals surface area contributed by atoms with Crippen LogP contribution in [0.1, 0.15) is 44.2 Å². The molecule has 0 bridgehead atoms. The van der Waals surface area contributed by atoms with E-state index in [9.17, 15) is 9.18 Å². The lowest BCUT2D eigenvalue weighted by Gasteiger charge is -2.35. The first-order valence-corrected chi connectivity index (χ1v) is 9.99. The molecule has 2 fully saturated rings. The normalized spacial score (nSPS) is 21.7. The van der Waals surface area contributed by atoms with Crippen molar-refractivity contribution in [3.05, 3.63) is 42.0 Å². The molecule has 0 spiro atoms. The van der Waals surface area contributed by atoms with E-state index in [0.29, 0.717) is 11.8 Å². The quantitative estimate of drug-likeness (QED) is 0.897. The smallest absolute Gasteiger partial charge is 0.239 e. The molecule has 3 heterocycles. The Morgan fingerprint density at radius 2 is 2.07 bits per heavy atom. The van der Waals surface area contributed by atoms with Gasteiger partial charge in [-0.25, -0.2) is 4.39 Å². The van der Waals surface area contributed by atoms with Crippen LogP contribution >= 0.6 is 0 Å². The number of benzene rings is 1. The molecule has 144 valence electrons.